The molecule has 5 heteroatoms. The molecule has 2 amide bonds. The molecule has 0 aromatic rings. The summed E-state index contributed by atoms with van der Waals surface area (Å²) in [5.74, 6) is 0.447. The van der Waals surface area contributed by atoms with Crippen molar-refractivity contribution < 1.29 is 14.3 Å². The van der Waals surface area contributed by atoms with Gasteiger partial charge >= 0.3 is 6.09 Å². The van der Waals surface area contributed by atoms with Gasteiger partial charge in [-0.2, -0.15) is 0 Å². The Labute approximate surface area is 82.2 Å². The summed E-state index contributed by atoms with van der Waals surface area (Å²) in [6, 6.07) is 0. The van der Waals surface area contributed by atoms with Crippen molar-refractivity contribution in [1.29, 1.82) is 0 Å². The Morgan fingerprint density at radius 3 is 2.57 bits per heavy atom. The monoisotopic (exact) mass is 198 g/mol. The minimum Gasteiger partial charge on any atom is -0.444 e. The molecule has 1 saturated heterocycles. The van der Waals surface area contributed by atoms with E-state index < -0.39 is 6.09 Å². The number of ether oxygens (including phenoxy) is 1. The molecular weight excluding hydrogens is 184 g/mol. The zero-order valence-electron chi connectivity index (χ0n) is 7.94. The Balaban J connectivity index is 1.81. The smallest absolute Gasteiger partial charge is 0.404 e. The highest BCUT2D eigenvalue weighted by molar-refractivity contribution is 5.81. The second kappa shape index (κ2) is 3.48. The highest BCUT2D eigenvalue weighted by atomic mass is 16.6. The highest BCUT2D eigenvalue weighted by Gasteiger charge is 2.37. The van der Waals surface area contributed by atoms with Gasteiger partial charge in [0.1, 0.15) is 6.10 Å². The third kappa shape index (κ3) is 1.97. The molecule has 0 spiro atoms. The van der Waals surface area contributed by atoms with Gasteiger partial charge in [0.25, 0.3) is 0 Å². The van der Waals surface area contributed by atoms with Crippen LogP contribution in [-0.4, -0.2) is 36.1 Å². The molecule has 2 fully saturated rings. The number of amides is 2. The first-order valence-electron chi connectivity index (χ1n) is 4.91. The molecule has 5 nitrogen and oxygen atoms in total. The van der Waals surface area contributed by atoms with Crippen LogP contribution in [0, 0.1) is 5.92 Å². The number of likely N-dealkylation sites (tertiary alicyclic amines) is 1. The Morgan fingerprint density at radius 2 is 2.00 bits per heavy atom. The van der Waals surface area contributed by atoms with Crippen molar-refractivity contribution in [1.82, 2.24) is 4.90 Å². The van der Waals surface area contributed by atoms with Gasteiger partial charge in [0.2, 0.25) is 5.91 Å². The molecule has 2 rings (SSSR count). The third-order valence-electron chi connectivity index (χ3n) is 2.67. The lowest BCUT2D eigenvalue weighted by molar-refractivity contribution is -0.131. The number of rotatable bonds is 2. The Hall–Kier alpha value is -1.26. The van der Waals surface area contributed by atoms with Crippen LogP contribution in [0.25, 0.3) is 0 Å². The largest absolute Gasteiger partial charge is 0.444 e. The van der Waals surface area contributed by atoms with Gasteiger partial charge in [-0.3, -0.25) is 4.79 Å². The number of nitrogens with zero attached hydrogens (tertiary/aromatic N) is 1. The summed E-state index contributed by atoms with van der Waals surface area (Å²) in [6.07, 6.45) is 1.78. The second-order valence-corrected chi connectivity index (χ2v) is 3.91. The maximum absolute atomic E-state index is 11.6. The molecule has 1 atom stereocenters. The Morgan fingerprint density at radius 1 is 1.29 bits per heavy atom. The van der Waals surface area contributed by atoms with E-state index in [1.54, 1.807) is 4.90 Å². The van der Waals surface area contributed by atoms with Crippen molar-refractivity contribution >= 4 is 12.0 Å². The molecule has 1 aliphatic carbocycles. The number of nitrogens with two attached hydrogens (primary N) is 1. The summed E-state index contributed by atoms with van der Waals surface area (Å²) < 4.78 is 4.84. The van der Waals surface area contributed by atoms with Crippen LogP contribution in [0.5, 0.6) is 0 Å². The van der Waals surface area contributed by atoms with E-state index in [0.717, 1.165) is 12.8 Å². The third-order valence-corrected chi connectivity index (χ3v) is 2.67. The lowest BCUT2D eigenvalue weighted by atomic mass is 10.3. The molecule has 0 unspecified atom stereocenters. The van der Waals surface area contributed by atoms with Gasteiger partial charge in [-0.15, -0.1) is 0 Å². The summed E-state index contributed by atoms with van der Waals surface area (Å²) in [6.45, 7) is 1.20. The highest BCUT2D eigenvalue weighted by Crippen LogP contribution is 2.32. The predicted octanol–water partition coefficient (Wildman–Crippen LogP) is 0.0926. The molecule has 1 saturated carbocycles. The van der Waals surface area contributed by atoms with Crippen molar-refractivity contribution in [2.45, 2.75) is 25.4 Å². The summed E-state index contributed by atoms with van der Waals surface area (Å²) in [4.78, 5) is 23.8. The standard InChI is InChI=1S/C9H14N2O3/c10-9(13)14-7-3-4-11(5-7)8(12)6-1-2-6/h6-7H,1-5H2,(H2,10,13)/t7-/m1/s1. The molecule has 0 radical (unpaired) electrons. The molecule has 0 aromatic carbocycles. The fourth-order valence-electron chi connectivity index (χ4n) is 1.78. The van der Waals surface area contributed by atoms with Crippen molar-refractivity contribution in [3.8, 4) is 0 Å². The maximum Gasteiger partial charge on any atom is 0.404 e. The normalized spacial score (nSPS) is 26.3. The molecule has 1 aliphatic heterocycles. The van der Waals surface area contributed by atoms with Crippen LogP contribution in [-0.2, 0) is 9.53 Å². The predicted molar refractivity (Wildman–Crippen MR) is 48.4 cm³/mol. The van der Waals surface area contributed by atoms with Crippen LogP contribution < -0.4 is 5.73 Å². The zero-order chi connectivity index (χ0) is 10.1. The first-order chi connectivity index (χ1) is 6.66. The van der Waals surface area contributed by atoms with E-state index in [4.69, 9.17) is 10.5 Å². The molecule has 0 bridgehead atoms. The first kappa shape index (κ1) is 9.30. The lowest BCUT2D eigenvalue weighted by Crippen LogP contribution is -2.32. The molecule has 14 heavy (non-hydrogen) atoms. The van der Waals surface area contributed by atoms with Gasteiger partial charge < -0.3 is 15.4 Å². The van der Waals surface area contributed by atoms with Crippen LogP contribution in [0.1, 0.15) is 19.3 Å². The lowest BCUT2D eigenvalue weighted by Gasteiger charge is -2.15. The number of hydrogen-bond donors (Lipinski definition) is 1. The number of carbonyl (C=O) groups is 2. The summed E-state index contributed by atoms with van der Waals surface area (Å²) in [5.41, 5.74) is 4.90. The average molecular weight is 198 g/mol. The van der Waals surface area contributed by atoms with Gasteiger partial charge in [0.05, 0.1) is 6.54 Å². The van der Waals surface area contributed by atoms with Crippen LogP contribution in [0.2, 0.25) is 0 Å². The van der Waals surface area contributed by atoms with E-state index in [-0.39, 0.29) is 17.9 Å². The molecule has 78 valence electrons. The van der Waals surface area contributed by atoms with E-state index in [0.29, 0.717) is 19.5 Å². The number of primary amides is 1. The summed E-state index contributed by atoms with van der Waals surface area (Å²) >= 11 is 0. The van der Waals surface area contributed by atoms with E-state index in [9.17, 15) is 9.59 Å². The van der Waals surface area contributed by atoms with Crippen molar-refractivity contribution in [2.24, 2.45) is 11.7 Å². The van der Waals surface area contributed by atoms with E-state index in [1.165, 1.54) is 0 Å². The molecule has 0 aromatic heterocycles. The Bertz CT molecular complexity index is 263. The first-order valence-corrected chi connectivity index (χ1v) is 4.91. The van der Waals surface area contributed by atoms with Crippen molar-refractivity contribution in [3.05, 3.63) is 0 Å². The number of carbonyl (C=O) groups excluding carboxylic acids is 2. The molecular formula is C9H14N2O3. The molecule has 2 aliphatic rings. The zero-order valence-corrected chi connectivity index (χ0v) is 7.94. The molecule has 1 heterocycles. The second-order valence-electron chi connectivity index (χ2n) is 3.91. The minimum absolute atomic E-state index is 0.199. The minimum atomic E-state index is -0.754. The fraction of sp³-hybridized carbons (Fsp3) is 0.778. The van der Waals surface area contributed by atoms with Crippen LogP contribution in [0.15, 0.2) is 0 Å². The van der Waals surface area contributed by atoms with Crippen LogP contribution >= 0.6 is 0 Å². The van der Waals surface area contributed by atoms with E-state index in [1.807, 2.05) is 0 Å². The van der Waals surface area contributed by atoms with E-state index in [2.05, 4.69) is 0 Å². The van der Waals surface area contributed by atoms with Gasteiger partial charge in [-0.25, -0.2) is 4.79 Å². The van der Waals surface area contributed by atoms with Crippen molar-refractivity contribution in [3.63, 3.8) is 0 Å². The maximum atomic E-state index is 11.6. The van der Waals surface area contributed by atoms with Gasteiger partial charge in [-0.05, 0) is 12.8 Å². The van der Waals surface area contributed by atoms with Crippen LogP contribution in [0.3, 0.4) is 0 Å². The fourth-order valence-corrected chi connectivity index (χ4v) is 1.78. The molecule has 2 N–H and O–H groups in total. The number of hydrogen-bond acceptors (Lipinski definition) is 3. The van der Waals surface area contributed by atoms with Gasteiger partial charge in [0, 0.05) is 18.9 Å². The summed E-state index contributed by atoms with van der Waals surface area (Å²) in [5, 5.41) is 0. The Kier molecular flexibility index (Phi) is 2.31. The van der Waals surface area contributed by atoms with Crippen molar-refractivity contribution in [2.75, 3.05) is 13.1 Å². The quantitative estimate of drug-likeness (QED) is 0.683. The summed E-state index contributed by atoms with van der Waals surface area (Å²) in [7, 11) is 0. The SMILES string of the molecule is NC(=O)O[C@@H]1CCN(C(=O)C2CC2)C1. The topological polar surface area (TPSA) is 72.6 Å². The average Bonchev–Trinajstić information content (AvgIpc) is 2.86. The van der Waals surface area contributed by atoms with Gasteiger partial charge in [-0.1, -0.05) is 0 Å². The van der Waals surface area contributed by atoms with E-state index >= 15 is 0 Å². The van der Waals surface area contributed by atoms with Crippen LogP contribution in [0.4, 0.5) is 4.79 Å². The van der Waals surface area contributed by atoms with Gasteiger partial charge in [0.15, 0.2) is 0 Å².